The lowest BCUT2D eigenvalue weighted by atomic mass is 10.2. The van der Waals surface area contributed by atoms with Crippen molar-refractivity contribution in [3.05, 3.63) is 22.4 Å². The number of hydrogen-bond donors (Lipinski definition) is 1. The van der Waals surface area contributed by atoms with E-state index in [1.165, 1.54) is 11.3 Å². The molecule has 1 N–H and O–H groups in total. The van der Waals surface area contributed by atoms with Crippen molar-refractivity contribution in [3.63, 3.8) is 0 Å². The highest BCUT2D eigenvalue weighted by Gasteiger charge is 2.27. The first-order valence-corrected chi connectivity index (χ1v) is 9.08. The Morgan fingerprint density at radius 3 is 2.61 bits per heavy atom. The second-order valence-corrected chi connectivity index (χ2v) is 7.12. The zero-order chi connectivity index (χ0) is 16.2. The van der Waals surface area contributed by atoms with E-state index in [1.54, 1.807) is 0 Å². The van der Waals surface area contributed by atoms with E-state index in [4.69, 9.17) is 0 Å². The molecule has 2 saturated heterocycles. The number of hydrogen-bond acceptors (Lipinski definition) is 5. The molecule has 0 bridgehead atoms. The molecule has 0 saturated carbocycles. The van der Waals surface area contributed by atoms with Crippen molar-refractivity contribution in [2.75, 3.05) is 52.4 Å². The van der Waals surface area contributed by atoms with E-state index in [2.05, 4.69) is 17.1 Å². The summed E-state index contributed by atoms with van der Waals surface area (Å²) < 4.78 is 0. The van der Waals surface area contributed by atoms with Crippen molar-refractivity contribution in [3.8, 4) is 0 Å². The fourth-order valence-electron chi connectivity index (χ4n) is 3.11. The molecule has 0 aliphatic carbocycles. The van der Waals surface area contributed by atoms with Gasteiger partial charge in [0.2, 0.25) is 5.91 Å². The maximum absolute atomic E-state index is 12.5. The summed E-state index contributed by atoms with van der Waals surface area (Å²) in [5.41, 5.74) is 0. The highest BCUT2D eigenvalue weighted by Crippen LogP contribution is 2.14. The largest absolute Gasteiger partial charge is 0.338 e. The summed E-state index contributed by atoms with van der Waals surface area (Å²) in [7, 11) is 0. The Morgan fingerprint density at radius 1 is 1.22 bits per heavy atom. The Hall–Kier alpha value is -1.44. The highest BCUT2D eigenvalue weighted by atomic mass is 32.1. The minimum absolute atomic E-state index is 0.0860. The van der Waals surface area contributed by atoms with Crippen LogP contribution in [0, 0.1) is 0 Å². The Bertz CT molecular complexity index is 540. The molecule has 2 aliphatic rings. The number of carbonyl (C=O) groups is 2. The van der Waals surface area contributed by atoms with E-state index in [0.29, 0.717) is 38.8 Å². The molecular weight excluding hydrogens is 312 g/mol. The van der Waals surface area contributed by atoms with Crippen LogP contribution in [0.2, 0.25) is 0 Å². The predicted molar refractivity (Wildman–Crippen MR) is 90.7 cm³/mol. The number of rotatable bonds is 3. The summed E-state index contributed by atoms with van der Waals surface area (Å²) in [5, 5.41) is 5.26. The van der Waals surface area contributed by atoms with Crippen LogP contribution in [0.5, 0.6) is 0 Å². The summed E-state index contributed by atoms with van der Waals surface area (Å²) >= 11 is 1.47. The van der Waals surface area contributed by atoms with Crippen LogP contribution in [0.25, 0.3) is 0 Å². The summed E-state index contributed by atoms with van der Waals surface area (Å²) in [4.78, 5) is 31.6. The van der Waals surface area contributed by atoms with Gasteiger partial charge in [-0.2, -0.15) is 0 Å². The van der Waals surface area contributed by atoms with Crippen molar-refractivity contribution in [2.45, 2.75) is 13.0 Å². The van der Waals surface area contributed by atoms with Crippen LogP contribution in [-0.4, -0.2) is 84.9 Å². The third kappa shape index (κ3) is 3.91. The van der Waals surface area contributed by atoms with Gasteiger partial charge in [0.15, 0.2) is 0 Å². The highest BCUT2D eigenvalue weighted by molar-refractivity contribution is 7.12. The summed E-state index contributed by atoms with van der Waals surface area (Å²) in [6.07, 6.45) is 0. The van der Waals surface area contributed by atoms with Gasteiger partial charge in [0.05, 0.1) is 11.4 Å². The van der Waals surface area contributed by atoms with E-state index < -0.39 is 0 Å². The van der Waals surface area contributed by atoms with Crippen LogP contribution < -0.4 is 5.32 Å². The van der Waals surface area contributed by atoms with E-state index in [-0.39, 0.29) is 11.8 Å². The Balaban J connectivity index is 1.48. The summed E-state index contributed by atoms with van der Waals surface area (Å²) in [6, 6.07) is 4.15. The average molecular weight is 336 g/mol. The molecule has 1 atom stereocenters. The molecular formula is C16H24N4O2S. The number of thiophene rings is 1. The summed E-state index contributed by atoms with van der Waals surface area (Å²) in [6.45, 7) is 7.96. The van der Waals surface area contributed by atoms with Crippen molar-refractivity contribution in [1.82, 2.24) is 20.0 Å². The standard InChI is InChI=1S/C16H24N4O2S/c1-13-11-17-4-5-20(13)12-15(21)18-6-8-19(9-7-18)16(22)14-3-2-10-23-14/h2-3,10,13,17H,4-9,11-12H2,1H3/t13-/m1/s1. The second-order valence-electron chi connectivity index (χ2n) is 6.17. The zero-order valence-corrected chi connectivity index (χ0v) is 14.3. The third-order valence-electron chi connectivity index (χ3n) is 4.63. The lowest BCUT2D eigenvalue weighted by molar-refractivity contribution is -0.134. The van der Waals surface area contributed by atoms with Gasteiger partial charge in [-0.15, -0.1) is 11.3 Å². The topological polar surface area (TPSA) is 55.9 Å². The molecule has 0 unspecified atom stereocenters. The molecule has 7 heteroatoms. The van der Waals surface area contributed by atoms with Crippen molar-refractivity contribution in [1.29, 1.82) is 0 Å². The van der Waals surface area contributed by atoms with E-state index >= 15 is 0 Å². The first-order chi connectivity index (χ1) is 11.1. The van der Waals surface area contributed by atoms with Crippen LogP contribution >= 0.6 is 11.3 Å². The quantitative estimate of drug-likeness (QED) is 0.864. The van der Waals surface area contributed by atoms with Crippen molar-refractivity contribution >= 4 is 23.2 Å². The second kappa shape index (κ2) is 7.42. The fraction of sp³-hybridized carbons (Fsp3) is 0.625. The van der Waals surface area contributed by atoms with Gasteiger partial charge < -0.3 is 15.1 Å². The van der Waals surface area contributed by atoms with Gasteiger partial charge in [0, 0.05) is 51.9 Å². The molecule has 0 radical (unpaired) electrons. The fourth-order valence-corrected chi connectivity index (χ4v) is 3.80. The minimum Gasteiger partial charge on any atom is -0.338 e. The molecule has 2 aliphatic heterocycles. The smallest absolute Gasteiger partial charge is 0.264 e. The monoisotopic (exact) mass is 336 g/mol. The lowest BCUT2D eigenvalue weighted by Gasteiger charge is -2.38. The minimum atomic E-state index is 0.0860. The Morgan fingerprint density at radius 2 is 1.96 bits per heavy atom. The van der Waals surface area contributed by atoms with Gasteiger partial charge in [-0.25, -0.2) is 0 Å². The van der Waals surface area contributed by atoms with Gasteiger partial charge in [-0.3, -0.25) is 14.5 Å². The molecule has 126 valence electrons. The van der Waals surface area contributed by atoms with Gasteiger partial charge in [-0.05, 0) is 18.4 Å². The molecule has 2 fully saturated rings. The first-order valence-electron chi connectivity index (χ1n) is 8.20. The van der Waals surface area contributed by atoms with E-state index in [1.807, 2.05) is 27.3 Å². The molecule has 6 nitrogen and oxygen atoms in total. The molecule has 3 rings (SSSR count). The Labute approximate surface area is 141 Å². The lowest BCUT2D eigenvalue weighted by Crippen LogP contribution is -2.56. The SMILES string of the molecule is C[C@@H]1CNCCN1CC(=O)N1CCN(C(=O)c2cccs2)CC1. The summed E-state index contributed by atoms with van der Waals surface area (Å²) in [5.74, 6) is 0.268. The maximum atomic E-state index is 12.5. The number of nitrogens with zero attached hydrogens (tertiary/aromatic N) is 3. The molecule has 2 amide bonds. The van der Waals surface area contributed by atoms with Gasteiger partial charge in [0.1, 0.15) is 0 Å². The molecule has 0 aromatic carbocycles. The third-order valence-corrected chi connectivity index (χ3v) is 5.49. The normalized spacial score (nSPS) is 23.1. The molecule has 23 heavy (non-hydrogen) atoms. The molecule has 3 heterocycles. The van der Waals surface area contributed by atoms with Gasteiger partial charge in [0.25, 0.3) is 5.91 Å². The number of nitrogens with one attached hydrogen (secondary N) is 1. The first kappa shape index (κ1) is 16.4. The maximum Gasteiger partial charge on any atom is 0.264 e. The number of piperazine rings is 2. The van der Waals surface area contributed by atoms with E-state index in [9.17, 15) is 9.59 Å². The zero-order valence-electron chi connectivity index (χ0n) is 13.5. The van der Waals surface area contributed by atoms with Crippen molar-refractivity contribution in [2.24, 2.45) is 0 Å². The van der Waals surface area contributed by atoms with Crippen LogP contribution in [-0.2, 0) is 4.79 Å². The van der Waals surface area contributed by atoms with E-state index in [0.717, 1.165) is 24.5 Å². The average Bonchev–Trinajstić information content (AvgIpc) is 3.11. The Kier molecular flexibility index (Phi) is 5.30. The van der Waals surface area contributed by atoms with Crippen LogP contribution in [0.3, 0.4) is 0 Å². The van der Waals surface area contributed by atoms with Crippen LogP contribution in [0.1, 0.15) is 16.6 Å². The van der Waals surface area contributed by atoms with Gasteiger partial charge >= 0.3 is 0 Å². The molecule has 0 spiro atoms. The van der Waals surface area contributed by atoms with Crippen molar-refractivity contribution < 1.29 is 9.59 Å². The molecule has 1 aromatic rings. The van der Waals surface area contributed by atoms with Crippen LogP contribution in [0.15, 0.2) is 17.5 Å². The number of amides is 2. The number of carbonyl (C=O) groups excluding carboxylic acids is 2. The predicted octanol–water partition coefficient (Wildman–Crippen LogP) is 0.326. The van der Waals surface area contributed by atoms with Gasteiger partial charge in [-0.1, -0.05) is 6.07 Å². The molecule has 1 aromatic heterocycles. The van der Waals surface area contributed by atoms with Crippen LogP contribution in [0.4, 0.5) is 0 Å².